The van der Waals surface area contributed by atoms with Crippen molar-refractivity contribution in [2.75, 3.05) is 13.2 Å². The van der Waals surface area contributed by atoms with Gasteiger partial charge in [-0.1, -0.05) is 6.92 Å². The van der Waals surface area contributed by atoms with E-state index >= 15 is 0 Å². The SMILES string of the molecule is CCNCc1cn(COCC)c2ncccc12. The lowest BCUT2D eigenvalue weighted by molar-refractivity contribution is 0.0904. The first-order valence-corrected chi connectivity index (χ1v) is 6.08. The molecule has 0 aliphatic heterocycles. The second kappa shape index (κ2) is 5.80. The van der Waals surface area contributed by atoms with E-state index < -0.39 is 0 Å². The Morgan fingerprint density at radius 1 is 1.41 bits per heavy atom. The molecule has 1 N–H and O–H groups in total. The summed E-state index contributed by atoms with van der Waals surface area (Å²) in [5.41, 5.74) is 2.27. The zero-order chi connectivity index (χ0) is 12.1. The highest BCUT2D eigenvalue weighted by atomic mass is 16.5. The van der Waals surface area contributed by atoms with Gasteiger partial charge in [0.2, 0.25) is 0 Å². The van der Waals surface area contributed by atoms with Gasteiger partial charge in [-0.3, -0.25) is 0 Å². The second-order valence-corrected chi connectivity index (χ2v) is 3.90. The molecule has 0 spiro atoms. The monoisotopic (exact) mass is 233 g/mol. The molecular formula is C13H19N3O. The predicted molar refractivity (Wildman–Crippen MR) is 68.7 cm³/mol. The van der Waals surface area contributed by atoms with Gasteiger partial charge in [0.25, 0.3) is 0 Å². The van der Waals surface area contributed by atoms with E-state index in [9.17, 15) is 0 Å². The fraction of sp³-hybridized carbons (Fsp3) is 0.462. The van der Waals surface area contributed by atoms with Crippen molar-refractivity contribution in [1.29, 1.82) is 0 Å². The first-order chi connectivity index (χ1) is 8.36. The van der Waals surface area contributed by atoms with Gasteiger partial charge in [-0.2, -0.15) is 0 Å². The van der Waals surface area contributed by atoms with Crippen LogP contribution in [0, 0.1) is 0 Å². The molecule has 0 fully saturated rings. The van der Waals surface area contributed by atoms with Crippen LogP contribution < -0.4 is 5.32 Å². The first-order valence-electron chi connectivity index (χ1n) is 6.08. The fourth-order valence-electron chi connectivity index (χ4n) is 1.88. The maximum atomic E-state index is 5.45. The minimum atomic E-state index is 0.566. The van der Waals surface area contributed by atoms with Gasteiger partial charge in [0.15, 0.2) is 0 Å². The number of nitrogens with one attached hydrogen (secondary N) is 1. The standard InChI is InChI=1S/C13H19N3O/c1-3-14-8-11-9-16(10-17-4-2)13-12(11)6-5-7-15-13/h5-7,9,14H,3-4,8,10H2,1-2H3. The number of pyridine rings is 1. The smallest absolute Gasteiger partial charge is 0.142 e. The van der Waals surface area contributed by atoms with Crippen LogP contribution in [-0.4, -0.2) is 22.7 Å². The molecule has 2 rings (SSSR count). The Balaban J connectivity index is 2.32. The third kappa shape index (κ3) is 2.65. The van der Waals surface area contributed by atoms with E-state index in [2.05, 4.69) is 34.1 Å². The summed E-state index contributed by atoms with van der Waals surface area (Å²) in [6.45, 7) is 7.23. The lowest BCUT2D eigenvalue weighted by atomic mass is 10.2. The minimum Gasteiger partial charge on any atom is -0.361 e. The van der Waals surface area contributed by atoms with Gasteiger partial charge in [-0.25, -0.2) is 4.98 Å². The van der Waals surface area contributed by atoms with Crippen molar-refractivity contribution < 1.29 is 4.74 Å². The quantitative estimate of drug-likeness (QED) is 0.831. The Morgan fingerprint density at radius 3 is 3.06 bits per heavy atom. The molecule has 92 valence electrons. The van der Waals surface area contributed by atoms with E-state index in [1.807, 2.05) is 19.2 Å². The van der Waals surface area contributed by atoms with Crippen molar-refractivity contribution in [3.63, 3.8) is 0 Å². The van der Waals surface area contributed by atoms with E-state index in [4.69, 9.17) is 4.74 Å². The van der Waals surface area contributed by atoms with Gasteiger partial charge in [-0.05, 0) is 31.2 Å². The lowest BCUT2D eigenvalue weighted by Crippen LogP contribution is -2.11. The van der Waals surface area contributed by atoms with Gasteiger partial charge >= 0.3 is 0 Å². The van der Waals surface area contributed by atoms with E-state index in [1.165, 1.54) is 10.9 Å². The van der Waals surface area contributed by atoms with Crippen LogP contribution in [0.25, 0.3) is 11.0 Å². The normalized spacial score (nSPS) is 11.2. The molecule has 0 aliphatic rings. The van der Waals surface area contributed by atoms with Crippen LogP contribution in [0.5, 0.6) is 0 Å². The average molecular weight is 233 g/mol. The third-order valence-electron chi connectivity index (χ3n) is 2.72. The average Bonchev–Trinajstić information content (AvgIpc) is 2.72. The number of hydrogen-bond acceptors (Lipinski definition) is 3. The highest BCUT2D eigenvalue weighted by molar-refractivity contribution is 5.80. The zero-order valence-corrected chi connectivity index (χ0v) is 10.4. The summed E-state index contributed by atoms with van der Waals surface area (Å²) in [7, 11) is 0. The summed E-state index contributed by atoms with van der Waals surface area (Å²) >= 11 is 0. The molecule has 17 heavy (non-hydrogen) atoms. The Labute approximate surface area is 102 Å². The molecule has 0 saturated heterocycles. The van der Waals surface area contributed by atoms with E-state index in [0.29, 0.717) is 6.73 Å². The summed E-state index contributed by atoms with van der Waals surface area (Å²) in [5, 5.41) is 4.55. The summed E-state index contributed by atoms with van der Waals surface area (Å²) in [4.78, 5) is 4.42. The van der Waals surface area contributed by atoms with E-state index in [1.54, 1.807) is 0 Å². The second-order valence-electron chi connectivity index (χ2n) is 3.90. The van der Waals surface area contributed by atoms with Gasteiger partial charge in [0.05, 0.1) is 0 Å². The van der Waals surface area contributed by atoms with Crippen molar-refractivity contribution in [3.8, 4) is 0 Å². The molecule has 0 aromatic carbocycles. The van der Waals surface area contributed by atoms with Gasteiger partial charge in [0, 0.05) is 30.9 Å². The Bertz CT molecular complexity index is 436. The highest BCUT2D eigenvalue weighted by Gasteiger charge is 2.08. The maximum Gasteiger partial charge on any atom is 0.142 e. The fourth-order valence-corrected chi connectivity index (χ4v) is 1.88. The number of rotatable bonds is 6. The van der Waals surface area contributed by atoms with Gasteiger partial charge in [-0.15, -0.1) is 0 Å². The third-order valence-corrected chi connectivity index (χ3v) is 2.72. The molecule has 0 amide bonds. The topological polar surface area (TPSA) is 39.1 Å². The van der Waals surface area contributed by atoms with Crippen LogP contribution in [0.15, 0.2) is 24.5 Å². The Morgan fingerprint density at radius 2 is 2.29 bits per heavy atom. The molecule has 2 heterocycles. The van der Waals surface area contributed by atoms with Crippen LogP contribution in [0.2, 0.25) is 0 Å². The van der Waals surface area contributed by atoms with Crippen molar-refractivity contribution >= 4 is 11.0 Å². The molecule has 2 aromatic rings. The molecule has 0 atom stereocenters. The number of aromatic nitrogens is 2. The van der Waals surface area contributed by atoms with Gasteiger partial charge in [0.1, 0.15) is 12.4 Å². The largest absolute Gasteiger partial charge is 0.361 e. The minimum absolute atomic E-state index is 0.566. The molecule has 4 nitrogen and oxygen atoms in total. The predicted octanol–water partition coefficient (Wildman–Crippen LogP) is 2.14. The van der Waals surface area contributed by atoms with Crippen LogP contribution in [0.4, 0.5) is 0 Å². The molecule has 0 radical (unpaired) electrons. The van der Waals surface area contributed by atoms with E-state index in [-0.39, 0.29) is 0 Å². The molecule has 0 bridgehead atoms. The summed E-state index contributed by atoms with van der Waals surface area (Å²) < 4.78 is 7.51. The molecule has 0 aliphatic carbocycles. The number of fused-ring (bicyclic) bond motifs is 1. The summed E-state index contributed by atoms with van der Waals surface area (Å²) in [6.07, 6.45) is 3.94. The highest BCUT2D eigenvalue weighted by Crippen LogP contribution is 2.19. The Kier molecular flexibility index (Phi) is 4.12. The molecule has 0 unspecified atom stereocenters. The summed E-state index contributed by atoms with van der Waals surface area (Å²) in [5.74, 6) is 0. The molecule has 4 heteroatoms. The van der Waals surface area contributed by atoms with Gasteiger partial charge < -0.3 is 14.6 Å². The van der Waals surface area contributed by atoms with Crippen molar-refractivity contribution in [2.45, 2.75) is 27.1 Å². The zero-order valence-electron chi connectivity index (χ0n) is 10.4. The first kappa shape index (κ1) is 12.1. The van der Waals surface area contributed by atoms with Crippen molar-refractivity contribution in [1.82, 2.24) is 14.9 Å². The summed E-state index contributed by atoms with van der Waals surface area (Å²) in [6, 6.07) is 4.08. The molecular weight excluding hydrogens is 214 g/mol. The van der Waals surface area contributed by atoms with Crippen molar-refractivity contribution in [3.05, 3.63) is 30.1 Å². The lowest BCUT2D eigenvalue weighted by Gasteiger charge is -2.03. The van der Waals surface area contributed by atoms with Crippen LogP contribution in [0.3, 0.4) is 0 Å². The maximum absolute atomic E-state index is 5.45. The number of ether oxygens (including phenoxy) is 1. The van der Waals surface area contributed by atoms with Crippen LogP contribution in [-0.2, 0) is 18.0 Å². The van der Waals surface area contributed by atoms with Crippen LogP contribution in [0.1, 0.15) is 19.4 Å². The number of nitrogens with zero attached hydrogens (tertiary/aromatic N) is 2. The van der Waals surface area contributed by atoms with Crippen molar-refractivity contribution in [2.24, 2.45) is 0 Å². The number of hydrogen-bond donors (Lipinski definition) is 1. The van der Waals surface area contributed by atoms with Crippen LogP contribution >= 0.6 is 0 Å². The Hall–Kier alpha value is -1.39. The molecule has 0 saturated carbocycles. The van der Waals surface area contributed by atoms with E-state index in [0.717, 1.165) is 25.3 Å². The molecule has 2 aromatic heterocycles.